The molecule has 0 amide bonds. The summed E-state index contributed by atoms with van der Waals surface area (Å²) in [6.45, 7) is 11.0. The Morgan fingerprint density at radius 3 is 2.62 bits per heavy atom. The fraction of sp³-hybridized carbons (Fsp3) is 0.381. The van der Waals surface area contributed by atoms with Gasteiger partial charge in [-0.25, -0.2) is 9.50 Å². The molecule has 4 aromatic heterocycles. The lowest BCUT2D eigenvalue weighted by atomic mass is 9.81. The number of hydrogen-bond acceptors (Lipinski definition) is 3. The first-order valence-corrected chi connectivity index (χ1v) is 9.02. The van der Waals surface area contributed by atoms with E-state index in [9.17, 15) is 0 Å². The summed E-state index contributed by atoms with van der Waals surface area (Å²) in [5.41, 5.74) is 5.34. The summed E-state index contributed by atoms with van der Waals surface area (Å²) in [6.07, 6.45) is 4.77. The van der Waals surface area contributed by atoms with E-state index < -0.39 is 0 Å². The molecule has 0 aliphatic carbocycles. The molecule has 0 saturated carbocycles. The number of fused-ring (bicyclic) bond motifs is 2. The number of nitrogens with one attached hydrogen (secondary N) is 1. The van der Waals surface area contributed by atoms with E-state index in [4.69, 9.17) is 4.98 Å². The summed E-state index contributed by atoms with van der Waals surface area (Å²) in [4.78, 5) is 4.81. The van der Waals surface area contributed by atoms with Gasteiger partial charge in [0, 0.05) is 28.9 Å². The van der Waals surface area contributed by atoms with Gasteiger partial charge in [-0.15, -0.1) is 0 Å². The van der Waals surface area contributed by atoms with Gasteiger partial charge in [0.15, 0.2) is 5.65 Å². The number of H-pyrrole nitrogens is 1. The maximum absolute atomic E-state index is 4.81. The maximum Gasteiger partial charge on any atom is 0.181 e. The Hall–Kier alpha value is -2.69. The van der Waals surface area contributed by atoms with Gasteiger partial charge in [-0.05, 0) is 47.7 Å². The molecule has 5 nitrogen and oxygen atoms in total. The van der Waals surface area contributed by atoms with Crippen molar-refractivity contribution in [3.8, 4) is 0 Å². The van der Waals surface area contributed by atoms with Crippen molar-refractivity contribution in [1.29, 1.82) is 0 Å². The number of nitrogens with zero attached hydrogens (tertiary/aromatic N) is 4. The van der Waals surface area contributed by atoms with Crippen LogP contribution in [0.25, 0.3) is 16.6 Å². The van der Waals surface area contributed by atoms with Crippen LogP contribution in [-0.4, -0.2) is 24.8 Å². The van der Waals surface area contributed by atoms with Gasteiger partial charge in [0.1, 0.15) is 0 Å². The van der Waals surface area contributed by atoms with Crippen molar-refractivity contribution in [3.63, 3.8) is 0 Å². The van der Waals surface area contributed by atoms with Crippen molar-refractivity contribution in [1.82, 2.24) is 24.8 Å². The lowest BCUT2D eigenvalue weighted by molar-refractivity contribution is 0.515. The van der Waals surface area contributed by atoms with E-state index in [2.05, 4.69) is 80.4 Å². The van der Waals surface area contributed by atoms with Crippen LogP contribution in [0.2, 0.25) is 0 Å². The molecule has 26 heavy (non-hydrogen) atoms. The van der Waals surface area contributed by atoms with E-state index in [1.165, 1.54) is 5.56 Å². The number of rotatable bonds is 3. The Balaban J connectivity index is 1.67. The summed E-state index contributed by atoms with van der Waals surface area (Å²) in [6, 6.07) is 10.5. The van der Waals surface area contributed by atoms with Crippen LogP contribution < -0.4 is 0 Å². The molecule has 0 fully saturated rings. The van der Waals surface area contributed by atoms with Crippen LogP contribution in [0.4, 0.5) is 0 Å². The van der Waals surface area contributed by atoms with Crippen LogP contribution in [0.1, 0.15) is 51.6 Å². The van der Waals surface area contributed by atoms with Crippen LogP contribution in [0.3, 0.4) is 0 Å². The molecular weight excluding hydrogens is 322 g/mol. The Labute approximate surface area is 153 Å². The fourth-order valence-corrected chi connectivity index (χ4v) is 3.48. The molecule has 1 N–H and O–H groups in total. The van der Waals surface area contributed by atoms with Crippen LogP contribution in [0.5, 0.6) is 0 Å². The quantitative estimate of drug-likeness (QED) is 0.597. The van der Waals surface area contributed by atoms with E-state index in [0.29, 0.717) is 0 Å². The molecule has 0 saturated heterocycles. The van der Waals surface area contributed by atoms with Crippen molar-refractivity contribution >= 4 is 16.6 Å². The standard InChI is InChI=1S/C21H25N5/c1-20(2,3)18-17-9-8-15(23-19(17)25-24-18)12-21(4,5)14-11-16-7-6-10-22-26(16)13-14/h6-11,13H,12H2,1-5H3,(H,23,24,25). The Morgan fingerprint density at radius 2 is 1.88 bits per heavy atom. The summed E-state index contributed by atoms with van der Waals surface area (Å²) < 4.78 is 1.93. The maximum atomic E-state index is 4.81. The summed E-state index contributed by atoms with van der Waals surface area (Å²) in [5, 5.41) is 13.1. The zero-order chi connectivity index (χ0) is 18.5. The second-order valence-corrected chi connectivity index (χ2v) is 8.70. The molecule has 4 rings (SSSR count). The first kappa shape index (κ1) is 16.8. The van der Waals surface area contributed by atoms with Gasteiger partial charge in [0.05, 0.1) is 11.2 Å². The second-order valence-electron chi connectivity index (χ2n) is 8.70. The minimum Gasteiger partial charge on any atom is -0.279 e. The third kappa shape index (κ3) is 2.87. The van der Waals surface area contributed by atoms with Crippen molar-refractivity contribution in [2.75, 3.05) is 0 Å². The van der Waals surface area contributed by atoms with Gasteiger partial charge in [0.2, 0.25) is 0 Å². The lowest BCUT2D eigenvalue weighted by Gasteiger charge is -2.23. The summed E-state index contributed by atoms with van der Waals surface area (Å²) >= 11 is 0. The minimum atomic E-state index is -0.0441. The molecular formula is C21H25N5. The highest BCUT2D eigenvalue weighted by molar-refractivity contribution is 5.78. The van der Waals surface area contributed by atoms with Gasteiger partial charge in [-0.3, -0.25) is 5.10 Å². The molecule has 0 radical (unpaired) electrons. The van der Waals surface area contributed by atoms with E-state index in [0.717, 1.165) is 34.4 Å². The van der Waals surface area contributed by atoms with E-state index >= 15 is 0 Å². The number of hydrogen-bond donors (Lipinski definition) is 1. The molecule has 0 atom stereocenters. The van der Waals surface area contributed by atoms with Crippen LogP contribution in [0.15, 0.2) is 42.7 Å². The van der Waals surface area contributed by atoms with Gasteiger partial charge in [-0.2, -0.15) is 10.2 Å². The molecule has 0 aliphatic rings. The first-order valence-electron chi connectivity index (χ1n) is 9.02. The Morgan fingerprint density at radius 1 is 1.08 bits per heavy atom. The van der Waals surface area contributed by atoms with Gasteiger partial charge < -0.3 is 0 Å². The molecule has 4 aromatic rings. The van der Waals surface area contributed by atoms with Gasteiger partial charge in [-0.1, -0.05) is 34.6 Å². The van der Waals surface area contributed by atoms with Gasteiger partial charge >= 0.3 is 0 Å². The molecule has 5 heteroatoms. The molecule has 0 aliphatic heterocycles. The average molecular weight is 347 g/mol. The Bertz CT molecular complexity index is 1050. The Kier molecular flexibility index (Phi) is 3.65. The summed E-state index contributed by atoms with van der Waals surface area (Å²) in [7, 11) is 0. The molecule has 134 valence electrons. The van der Waals surface area contributed by atoms with Gasteiger partial charge in [0.25, 0.3) is 0 Å². The molecule has 0 spiro atoms. The molecule has 0 aromatic carbocycles. The highest BCUT2D eigenvalue weighted by atomic mass is 15.2. The van der Waals surface area contributed by atoms with Crippen LogP contribution in [-0.2, 0) is 17.3 Å². The second kappa shape index (κ2) is 5.66. The van der Waals surface area contributed by atoms with Crippen LogP contribution >= 0.6 is 0 Å². The van der Waals surface area contributed by atoms with E-state index in [1.807, 2.05) is 16.8 Å². The smallest absolute Gasteiger partial charge is 0.181 e. The van der Waals surface area contributed by atoms with Crippen molar-refractivity contribution in [3.05, 3.63) is 59.7 Å². The minimum absolute atomic E-state index is 0.0246. The zero-order valence-electron chi connectivity index (χ0n) is 16.0. The largest absolute Gasteiger partial charge is 0.279 e. The highest BCUT2D eigenvalue weighted by Crippen LogP contribution is 2.31. The van der Waals surface area contributed by atoms with Crippen molar-refractivity contribution in [2.45, 2.75) is 51.9 Å². The number of pyridine rings is 1. The van der Waals surface area contributed by atoms with Crippen molar-refractivity contribution < 1.29 is 0 Å². The van der Waals surface area contributed by atoms with Crippen LogP contribution in [0, 0.1) is 0 Å². The number of aromatic nitrogens is 5. The third-order valence-corrected chi connectivity index (χ3v) is 5.00. The first-order chi connectivity index (χ1) is 12.2. The monoisotopic (exact) mass is 347 g/mol. The summed E-state index contributed by atoms with van der Waals surface area (Å²) in [5.74, 6) is 0. The predicted octanol–water partition coefficient (Wildman–Crippen LogP) is 4.42. The topological polar surface area (TPSA) is 58.9 Å². The molecule has 0 bridgehead atoms. The highest BCUT2D eigenvalue weighted by Gasteiger charge is 2.25. The predicted molar refractivity (Wildman–Crippen MR) is 105 cm³/mol. The molecule has 0 unspecified atom stereocenters. The third-order valence-electron chi connectivity index (χ3n) is 5.00. The lowest BCUT2D eigenvalue weighted by Crippen LogP contribution is -2.20. The normalized spacial score (nSPS) is 13.0. The zero-order valence-corrected chi connectivity index (χ0v) is 16.0. The number of aromatic amines is 1. The SMILES string of the molecule is CC(C)(C)c1[nH]nc2nc(CC(C)(C)c3cc4cccnn4c3)ccc12. The fourth-order valence-electron chi connectivity index (χ4n) is 3.48. The molecule has 4 heterocycles. The average Bonchev–Trinajstić information content (AvgIpc) is 3.18. The van der Waals surface area contributed by atoms with Crippen molar-refractivity contribution in [2.24, 2.45) is 0 Å². The van der Waals surface area contributed by atoms with E-state index in [1.54, 1.807) is 0 Å². The van der Waals surface area contributed by atoms with E-state index in [-0.39, 0.29) is 10.8 Å².